The number of hydrogen-bond donors (Lipinski definition) is 2. The highest BCUT2D eigenvalue weighted by atomic mass is 16.5. The third-order valence-corrected chi connectivity index (χ3v) is 2.25. The zero-order chi connectivity index (χ0) is 8.48. The Labute approximate surface area is 68.4 Å². The van der Waals surface area contributed by atoms with Gasteiger partial charge >= 0.3 is 0 Å². The number of nitrogens with zero attached hydrogens (tertiary/aromatic N) is 1. The SMILES string of the molecule is [B]C(O)(O)N1CCC(C)CC1. The first-order valence-corrected chi connectivity index (χ1v) is 3.99. The average Bonchev–Trinajstić information content (AvgIpc) is 1.86. The zero-order valence-corrected chi connectivity index (χ0v) is 6.82. The van der Waals surface area contributed by atoms with E-state index in [4.69, 9.17) is 18.1 Å². The monoisotopic (exact) mass is 155 g/mol. The van der Waals surface area contributed by atoms with Gasteiger partial charge in [-0.25, -0.2) is 0 Å². The normalized spacial score (nSPS) is 23.9. The minimum absolute atomic E-state index is 0.671. The van der Waals surface area contributed by atoms with Gasteiger partial charge in [0.25, 0.3) is 0 Å². The lowest BCUT2D eigenvalue weighted by Crippen LogP contribution is -2.52. The number of piperidine rings is 1. The van der Waals surface area contributed by atoms with E-state index in [2.05, 4.69) is 6.92 Å². The van der Waals surface area contributed by atoms with E-state index in [-0.39, 0.29) is 0 Å². The van der Waals surface area contributed by atoms with Crippen LogP contribution in [0.5, 0.6) is 0 Å². The maximum atomic E-state index is 8.99. The quantitative estimate of drug-likeness (QED) is 0.395. The van der Waals surface area contributed by atoms with Crippen molar-refractivity contribution >= 4 is 7.85 Å². The van der Waals surface area contributed by atoms with Crippen LogP contribution in [0.1, 0.15) is 19.8 Å². The Balaban J connectivity index is 2.39. The van der Waals surface area contributed by atoms with Crippen molar-refractivity contribution < 1.29 is 10.2 Å². The summed E-state index contributed by atoms with van der Waals surface area (Å²) in [5, 5.41) is 18.0. The average molecular weight is 155 g/mol. The van der Waals surface area contributed by atoms with Crippen LogP contribution in [0.15, 0.2) is 0 Å². The largest absolute Gasteiger partial charge is 0.362 e. The summed E-state index contributed by atoms with van der Waals surface area (Å²) in [5.74, 6) is -1.44. The molecule has 0 saturated carbocycles. The Morgan fingerprint density at radius 1 is 1.36 bits per heavy atom. The summed E-state index contributed by atoms with van der Waals surface area (Å²) in [7, 11) is 5.09. The van der Waals surface area contributed by atoms with Gasteiger partial charge in [0.15, 0.2) is 13.7 Å². The molecule has 1 aliphatic heterocycles. The van der Waals surface area contributed by atoms with Crippen molar-refractivity contribution in [2.75, 3.05) is 13.1 Å². The Kier molecular flexibility index (Phi) is 2.57. The second kappa shape index (κ2) is 3.13. The Morgan fingerprint density at radius 2 is 1.82 bits per heavy atom. The predicted molar refractivity (Wildman–Crippen MR) is 42.9 cm³/mol. The molecular formula is C7H14BNO2. The molecule has 1 rings (SSSR count). The summed E-state index contributed by atoms with van der Waals surface area (Å²) < 4.78 is 0. The third kappa shape index (κ3) is 2.47. The molecule has 0 amide bonds. The van der Waals surface area contributed by atoms with Crippen LogP contribution in [-0.2, 0) is 0 Å². The number of rotatable bonds is 1. The fraction of sp³-hybridized carbons (Fsp3) is 1.00. The number of likely N-dealkylation sites (tertiary alicyclic amines) is 1. The molecule has 0 bridgehead atoms. The van der Waals surface area contributed by atoms with E-state index in [1.165, 1.54) is 4.90 Å². The van der Waals surface area contributed by atoms with Crippen molar-refractivity contribution in [3.63, 3.8) is 0 Å². The van der Waals surface area contributed by atoms with Crippen LogP contribution < -0.4 is 0 Å². The molecular weight excluding hydrogens is 141 g/mol. The van der Waals surface area contributed by atoms with E-state index in [0.717, 1.165) is 12.8 Å². The summed E-state index contributed by atoms with van der Waals surface area (Å²) in [6.07, 6.45) is 1.97. The maximum absolute atomic E-state index is 8.99. The van der Waals surface area contributed by atoms with Gasteiger partial charge in [0.2, 0.25) is 0 Å². The summed E-state index contributed by atoms with van der Waals surface area (Å²) in [5.41, 5.74) is 0. The highest BCUT2D eigenvalue weighted by Gasteiger charge is 2.27. The molecule has 1 fully saturated rings. The molecule has 2 N–H and O–H groups in total. The van der Waals surface area contributed by atoms with Crippen LogP contribution in [0.2, 0.25) is 0 Å². The van der Waals surface area contributed by atoms with Gasteiger partial charge in [-0.1, -0.05) is 6.92 Å². The van der Waals surface area contributed by atoms with Crippen LogP contribution in [0.4, 0.5) is 0 Å². The molecule has 0 aromatic rings. The molecule has 0 spiro atoms. The van der Waals surface area contributed by atoms with Gasteiger partial charge < -0.3 is 10.2 Å². The number of aliphatic hydroxyl groups is 2. The summed E-state index contributed by atoms with van der Waals surface area (Å²) in [6.45, 7) is 3.50. The van der Waals surface area contributed by atoms with E-state index in [1.54, 1.807) is 0 Å². The zero-order valence-electron chi connectivity index (χ0n) is 6.82. The first kappa shape index (κ1) is 9.04. The summed E-state index contributed by atoms with van der Waals surface area (Å²) in [6, 6.07) is 0. The molecule has 4 heteroatoms. The standard InChI is InChI=1S/C7H14BNO2/c1-6-2-4-9(5-3-6)7(8,10)11/h6,10-11H,2-5H2,1H3. The van der Waals surface area contributed by atoms with E-state index in [0.29, 0.717) is 19.0 Å². The van der Waals surface area contributed by atoms with Crippen molar-refractivity contribution in [1.29, 1.82) is 0 Å². The highest BCUT2D eigenvalue weighted by molar-refractivity contribution is 6.12. The van der Waals surface area contributed by atoms with E-state index in [1.807, 2.05) is 0 Å². The van der Waals surface area contributed by atoms with Gasteiger partial charge in [-0.05, 0) is 18.8 Å². The van der Waals surface area contributed by atoms with Crippen LogP contribution in [-0.4, -0.2) is 41.9 Å². The van der Waals surface area contributed by atoms with Gasteiger partial charge in [-0.3, -0.25) is 4.90 Å². The first-order chi connectivity index (χ1) is 5.00. The second-order valence-corrected chi connectivity index (χ2v) is 3.36. The molecule has 0 aromatic carbocycles. The Hall–Kier alpha value is -0.0551. The molecule has 0 aliphatic carbocycles. The lowest BCUT2D eigenvalue weighted by molar-refractivity contribution is -0.203. The van der Waals surface area contributed by atoms with Crippen molar-refractivity contribution in [3.05, 3.63) is 0 Å². The molecule has 1 heterocycles. The fourth-order valence-electron chi connectivity index (χ4n) is 1.34. The molecule has 2 radical (unpaired) electrons. The van der Waals surface area contributed by atoms with Crippen LogP contribution >= 0.6 is 0 Å². The van der Waals surface area contributed by atoms with Crippen LogP contribution in [0, 0.1) is 5.92 Å². The van der Waals surface area contributed by atoms with Gasteiger partial charge in [0, 0.05) is 13.1 Å². The maximum Gasteiger partial charge on any atom is 0.178 e. The van der Waals surface area contributed by atoms with Crippen molar-refractivity contribution in [3.8, 4) is 0 Å². The van der Waals surface area contributed by atoms with E-state index < -0.39 is 5.81 Å². The molecule has 11 heavy (non-hydrogen) atoms. The fourth-order valence-corrected chi connectivity index (χ4v) is 1.34. The molecule has 1 saturated heterocycles. The van der Waals surface area contributed by atoms with Crippen molar-refractivity contribution in [2.24, 2.45) is 5.92 Å². The van der Waals surface area contributed by atoms with Crippen LogP contribution in [0.3, 0.4) is 0 Å². The van der Waals surface area contributed by atoms with E-state index >= 15 is 0 Å². The predicted octanol–water partition coefficient (Wildman–Crippen LogP) is -0.517. The van der Waals surface area contributed by atoms with E-state index in [9.17, 15) is 0 Å². The molecule has 1 aliphatic rings. The van der Waals surface area contributed by atoms with Gasteiger partial charge in [0.05, 0.1) is 0 Å². The minimum atomic E-state index is -2.11. The topological polar surface area (TPSA) is 43.7 Å². The molecule has 0 aromatic heterocycles. The molecule has 62 valence electrons. The van der Waals surface area contributed by atoms with Gasteiger partial charge in [-0.2, -0.15) is 0 Å². The number of hydrogen-bond acceptors (Lipinski definition) is 3. The Morgan fingerprint density at radius 3 is 2.18 bits per heavy atom. The lowest BCUT2D eigenvalue weighted by Gasteiger charge is -2.37. The molecule has 0 unspecified atom stereocenters. The van der Waals surface area contributed by atoms with Crippen molar-refractivity contribution in [1.82, 2.24) is 4.90 Å². The first-order valence-electron chi connectivity index (χ1n) is 3.99. The summed E-state index contributed by atoms with van der Waals surface area (Å²) >= 11 is 0. The summed E-state index contributed by atoms with van der Waals surface area (Å²) in [4.78, 5) is 1.48. The lowest BCUT2D eigenvalue weighted by atomic mass is 9.94. The van der Waals surface area contributed by atoms with Gasteiger partial charge in [-0.15, -0.1) is 0 Å². The third-order valence-electron chi connectivity index (χ3n) is 2.25. The van der Waals surface area contributed by atoms with Gasteiger partial charge in [0.1, 0.15) is 0 Å². The van der Waals surface area contributed by atoms with Crippen LogP contribution in [0.25, 0.3) is 0 Å². The molecule has 3 nitrogen and oxygen atoms in total. The van der Waals surface area contributed by atoms with Crippen molar-refractivity contribution in [2.45, 2.75) is 25.6 Å². The minimum Gasteiger partial charge on any atom is -0.362 e. The smallest absolute Gasteiger partial charge is 0.178 e. The molecule has 0 atom stereocenters. The second-order valence-electron chi connectivity index (χ2n) is 3.36. The Bertz CT molecular complexity index is 127. The highest BCUT2D eigenvalue weighted by Crippen LogP contribution is 2.19.